The van der Waals surface area contributed by atoms with Crippen LogP contribution in [0.1, 0.15) is 0 Å². The van der Waals surface area contributed by atoms with Gasteiger partial charge in [0.25, 0.3) is 0 Å². The van der Waals surface area contributed by atoms with Crippen LogP contribution in [-0.2, 0) is 9.47 Å². The van der Waals surface area contributed by atoms with Crippen LogP contribution in [-0.4, -0.2) is 37.5 Å². The number of hydrogen-bond acceptors (Lipinski definition) is 4. The molecule has 0 aromatic rings. The predicted octanol–water partition coefficient (Wildman–Crippen LogP) is -1.56. The van der Waals surface area contributed by atoms with Gasteiger partial charge < -0.3 is 20.9 Å². The molecule has 0 saturated carbocycles. The van der Waals surface area contributed by atoms with Gasteiger partial charge in [-0.3, -0.25) is 0 Å². The molecule has 2 aliphatic heterocycles. The van der Waals surface area contributed by atoms with Crippen molar-refractivity contribution in [2.24, 2.45) is 11.5 Å². The molecule has 10 heavy (non-hydrogen) atoms. The van der Waals surface area contributed by atoms with Crippen molar-refractivity contribution < 1.29 is 9.47 Å². The molecule has 0 spiro atoms. The molecule has 0 aromatic heterocycles. The van der Waals surface area contributed by atoms with E-state index in [0.29, 0.717) is 13.2 Å². The van der Waals surface area contributed by atoms with Crippen molar-refractivity contribution in [3.63, 3.8) is 0 Å². The van der Waals surface area contributed by atoms with Crippen molar-refractivity contribution in [2.45, 2.75) is 24.3 Å². The molecule has 2 heterocycles. The zero-order valence-corrected chi connectivity index (χ0v) is 5.69. The summed E-state index contributed by atoms with van der Waals surface area (Å²) >= 11 is 0. The van der Waals surface area contributed by atoms with Gasteiger partial charge in [-0.2, -0.15) is 0 Å². The Bertz CT molecular complexity index is 126. The van der Waals surface area contributed by atoms with Crippen molar-refractivity contribution >= 4 is 0 Å². The molecule has 4 nitrogen and oxygen atoms in total. The highest BCUT2D eigenvalue weighted by atomic mass is 16.6. The van der Waals surface area contributed by atoms with E-state index in [1.54, 1.807) is 0 Å². The third-order valence-electron chi connectivity index (χ3n) is 2.13. The van der Waals surface area contributed by atoms with Crippen LogP contribution in [0, 0.1) is 0 Å². The van der Waals surface area contributed by atoms with E-state index in [0.717, 1.165) is 0 Å². The Hall–Kier alpha value is -0.160. The summed E-state index contributed by atoms with van der Waals surface area (Å²) in [5.41, 5.74) is 11.4. The third kappa shape index (κ3) is 0.769. The number of fused-ring (bicyclic) bond motifs is 1. The van der Waals surface area contributed by atoms with Crippen molar-refractivity contribution in [3.8, 4) is 0 Å². The Morgan fingerprint density at radius 2 is 1.30 bits per heavy atom. The maximum Gasteiger partial charge on any atom is 0.103 e. The van der Waals surface area contributed by atoms with Crippen LogP contribution in [0.4, 0.5) is 0 Å². The lowest BCUT2D eigenvalue weighted by molar-refractivity contribution is 0.0691. The molecule has 4 heteroatoms. The summed E-state index contributed by atoms with van der Waals surface area (Å²) in [6, 6.07) is 0.0529. The van der Waals surface area contributed by atoms with Crippen molar-refractivity contribution in [3.05, 3.63) is 0 Å². The molecule has 0 aliphatic carbocycles. The van der Waals surface area contributed by atoms with Gasteiger partial charge >= 0.3 is 0 Å². The van der Waals surface area contributed by atoms with E-state index in [1.165, 1.54) is 0 Å². The smallest absolute Gasteiger partial charge is 0.103 e. The van der Waals surface area contributed by atoms with Gasteiger partial charge in [0, 0.05) is 0 Å². The molecule has 4 unspecified atom stereocenters. The number of ether oxygens (including phenoxy) is 2. The Balaban J connectivity index is 2.09. The Labute approximate surface area is 59.5 Å². The van der Waals surface area contributed by atoms with E-state index in [9.17, 15) is 0 Å². The average Bonchev–Trinajstić information content (AvgIpc) is 2.41. The van der Waals surface area contributed by atoms with Crippen LogP contribution in [0.5, 0.6) is 0 Å². The molecular weight excluding hydrogens is 132 g/mol. The Morgan fingerprint density at radius 1 is 0.900 bits per heavy atom. The molecule has 4 atom stereocenters. The van der Waals surface area contributed by atoms with E-state index in [1.807, 2.05) is 0 Å². The first-order valence-corrected chi connectivity index (χ1v) is 3.53. The lowest BCUT2D eigenvalue weighted by Gasteiger charge is -2.10. The van der Waals surface area contributed by atoms with Crippen LogP contribution < -0.4 is 11.5 Å². The van der Waals surface area contributed by atoms with Crippen molar-refractivity contribution in [1.82, 2.24) is 0 Å². The fraction of sp³-hybridized carbons (Fsp3) is 1.00. The highest BCUT2D eigenvalue weighted by Crippen LogP contribution is 2.24. The molecule has 0 amide bonds. The molecule has 58 valence electrons. The first-order valence-electron chi connectivity index (χ1n) is 3.53. The fourth-order valence-electron chi connectivity index (χ4n) is 1.56. The largest absolute Gasteiger partial charge is 0.372 e. The van der Waals surface area contributed by atoms with Gasteiger partial charge in [0.05, 0.1) is 25.3 Å². The SMILES string of the molecule is NC1COC2C(N)COC12. The average molecular weight is 144 g/mol. The van der Waals surface area contributed by atoms with Crippen LogP contribution in [0.3, 0.4) is 0 Å². The topological polar surface area (TPSA) is 70.5 Å². The molecule has 0 radical (unpaired) electrons. The van der Waals surface area contributed by atoms with E-state index >= 15 is 0 Å². The van der Waals surface area contributed by atoms with Gasteiger partial charge in [-0.05, 0) is 0 Å². The van der Waals surface area contributed by atoms with Gasteiger partial charge in [0.1, 0.15) is 12.2 Å². The highest BCUT2D eigenvalue weighted by molar-refractivity contribution is 4.97. The Morgan fingerprint density at radius 3 is 1.70 bits per heavy atom. The molecule has 2 fully saturated rings. The molecule has 2 saturated heterocycles. The first-order chi connectivity index (χ1) is 4.79. The summed E-state index contributed by atoms with van der Waals surface area (Å²) in [5.74, 6) is 0. The second kappa shape index (κ2) is 2.17. The first kappa shape index (κ1) is 6.54. The second-order valence-electron chi connectivity index (χ2n) is 2.92. The Kier molecular flexibility index (Phi) is 1.42. The summed E-state index contributed by atoms with van der Waals surface area (Å²) in [4.78, 5) is 0. The zero-order valence-electron chi connectivity index (χ0n) is 5.69. The molecule has 2 aliphatic rings. The molecule has 0 bridgehead atoms. The maximum absolute atomic E-state index is 5.68. The maximum atomic E-state index is 5.68. The molecule has 2 rings (SSSR count). The lowest BCUT2D eigenvalue weighted by atomic mass is 10.1. The minimum absolute atomic E-state index is 0.0264. The van der Waals surface area contributed by atoms with E-state index in [2.05, 4.69) is 0 Å². The summed E-state index contributed by atoms with van der Waals surface area (Å²) in [7, 11) is 0. The summed E-state index contributed by atoms with van der Waals surface area (Å²) in [6.45, 7) is 1.17. The van der Waals surface area contributed by atoms with E-state index in [4.69, 9.17) is 20.9 Å². The highest BCUT2D eigenvalue weighted by Gasteiger charge is 2.44. The minimum atomic E-state index is 0.0264. The van der Waals surface area contributed by atoms with Crippen molar-refractivity contribution in [2.75, 3.05) is 13.2 Å². The second-order valence-corrected chi connectivity index (χ2v) is 2.92. The lowest BCUT2D eigenvalue weighted by Crippen LogP contribution is -2.39. The van der Waals surface area contributed by atoms with Gasteiger partial charge in [-0.1, -0.05) is 0 Å². The van der Waals surface area contributed by atoms with Crippen molar-refractivity contribution in [1.29, 1.82) is 0 Å². The van der Waals surface area contributed by atoms with Crippen LogP contribution >= 0.6 is 0 Å². The monoisotopic (exact) mass is 144 g/mol. The number of nitrogens with two attached hydrogens (primary N) is 2. The molecular formula is C6H12N2O2. The van der Waals surface area contributed by atoms with Gasteiger partial charge in [-0.15, -0.1) is 0 Å². The summed E-state index contributed by atoms with van der Waals surface area (Å²) in [6.07, 6.45) is 0.102. The van der Waals surface area contributed by atoms with E-state index in [-0.39, 0.29) is 24.3 Å². The predicted molar refractivity (Wildman–Crippen MR) is 35.4 cm³/mol. The van der Waals surface area contributed by atoms with Gasteiger partial charge in [0.15, 0.2) is 0 Å². The van der Waals surface area contributed by atoms with Crippen LogP contribution in [0.25, 0.3) is 0 Å². The minimum Gasteiger partial charge on any atom is -0.372 e. The van der Waals surface area contributed by atoms with E-state index < -0.39 is 0 Å². The standard InChI is InChI=1S/C6H12N2O2/c7-3-1-9-6-4(8)2-10-5(3)6/h3-6H,1-2,7-8H2. The summed E-state index contributed by atoms with van der Waals surface area (Å²) < 4.78 is 10.7. The van der Waals surface area contributed by atoms with Crippen LogP contribution in [0.2, 0.25) is 0 Å². The third-order valence-corrected chi connectivity index (χ3v) is 2.13. The van der Waals surface area contributed by atoms with Gasteiger partial charge in [-0.25, -0.2) is 0 Å². The molecule has 4 N–H and O–H groups in total. The number of hydrogen-bond donors (Lipinski definition) is 2. The van der Waals surface area contributed by atoms with Gasteiger partial charge in [0.2, 0.25) is 0 Å². The fourth-order valence-corrected chi connectivity index (χ4v) is 1.56. The quantitative estimate of drug-likeness (QED) is 0.431. The van der Waals surface area contributed by atoms with Crippen LogP contribution in [0.15, 0.2) is 0 Å². The molecule has 0 aromatic carbocycles. The number of rotatable bonds is 0. The zero-order chi connectivity index (χ0) is 7.14. The normalized spacial score (nSPS) is 53.4. The summed E-state index contributed by atoms with van der Waals surface area (Å²) in [5, 5.41) is 0.